The Kier molecular flexibility index (Phi) is 4.30. The van der Waals surface area contributed by atoms with Gasteiger partial charge in [0.25, 0.3) is 0 Å². The number of halogens is 1. The second-order valence-corrected chi connectivity index (χ2v) is 4.99. The molecule has 0 heterocycles. The van der Waals surface area contributed by atoms with Gasteiger partial charge in [-0.15, -0.1) is 0 Å². The van der Waals surface area contributed by atoms with Crippen molar-refractivity contribution >= 4 is 28.3 Å². The van der Waals surface area contributed by atoms with Crippen LogP contribution in [0.1, 0.15) is 5.56 Å². The minimum atomic E-state index is 0.511. The van der Waals surface area contributed by atoms with E-state index in [0.717, 1.165) is 26.3 Å². The van der Waals surface area contributed by atoms with Crippen molar-refractivity contribution in [1.29, 1.82) is 0 Å². The first-order chi connectivity index (χ1) is 8.69. The molecule has 18 heavy (non-hydrogen) atoms. The molecule has 0 amide bonds. The number of hydrogen-bond acceptors (Lipinski definition) is 3. The Balaban J connectivity index is 2.06. The van der Waals surface area contributed by atoms with Crippen LogP contribution in [-0.4, -0.2) is 7.11 Å². The molecule has 2 rings (SSSR count). The van der Waals surface area contributed by atoms with Crippen LogP contribution >= 0.6 is 22.6 Å². The lowest BCUT2D eigenvalue weighted by atomic mass is 10.2. The molecule has 0 saturated heterocycles. The van der Waals surface area contributed by atoms with Gasteiger partial charge in [0.05, 0.1) is 10.7 Å². The molecule has 0 fully saturated rings. The summed E-state index contributed by atoms with van der Waals surface area (Å²) in [6, 6.07) is 13.4. The van der Waals surface area contributed by atoms with Gasteiger partial charge in [0.2, 0.25) is 0 Å². The van der Waals surface area contributed by atoms with Crippen LogP contribution in [0, 0.1) is 3.57 Å². The van der Waals surface area contributed by atoms with Crippen LogP contribution in [0.4, 0.5) is 5.69 Å². The van der Waals surface area contributed by atoms with Gasteiger partial charge in [0.1, 0.15) is 18.1 Å². The smallest absolute Gasteiger partial charge is 0.133 e. The maximum Gasteiger partial charge on any atom is 0.133 e. The Morgan fingerprint density at radius 2 is 2.00 bits per heavy atom. The lowest BCUT2D eigenvalue weighted by molar-refractivity contribution is 0.303. The third-order valence-corrected chi connectivity index (χ3v) is 3.33. The van der Waals surface area contributed by atoms with Gasteiger partial charge in [-0.05, 0) is 58.5 Å². The monoisotopic (exact) mass is 355 g/mol. The van der Waals surface area contributed by atoms with Crippen LogP contribution in [0.3, 0.4) is 0 Å². The molecule has 0 unspecified atom stereocenters. The van der Waals surface area contributed by atoms with E-state index in [9.17, 15) is 0 Å². The number of rotatable bonds is 4. The Bertz CT molecular complexity index is 543. The van der Waals surface area contributed by atoms with Gasteiger partial charge in [-0.1, -0.05) is 12.1 Å². The number of benzene rings is 2. The summed E-state index contributed by atoms with van der Waals surface area (Å²) < 4.78 is 11.9. The second-order valence-electron chi connectivity index (χ2n) is 3.83. The van der Waals surface area contributed by atoms with Crippen LogP contribution in [0.2, 0.25) is 0 Å². The highest BCUT2D eigenvalue weighted by Gasteiger charge is 2.02. The van der Waals surface area contributed by atoms with Gasteiger partial charge in [0, 0.05) is 5.69 Å². The molecule has 0 radical (unpaired) electrons. The number of nitrogens with two attached hydrogens (primary N) is 1. The largest absolute Gasteiger partial charge is 0.497 e. The summed E-state index contributed by atoms with van der Waals surface area (Å²) in [7, 11) is 1.66. The molecule has 0 atom stereocenters. The Morgan fingerprint density at radius 3 is 2.72 bits per heavy atom. The van der Waals surface area contributed by atoms with E-state index in [4.69, 9.17) is 15.2 Å². The third kappa shape index (κ3) is 3.29. The van der Waals surface area contributed by atoms with Gasteiger partial charge >= 0.3 is 0 Å². The average Bonchev–Trinajstić information content (AvgIpc) is 2.38. The molecule has 3 nitrogen and oxygen atoms in total. The van der Waals surface area contributed by atoms with Gasteiger partial charge in [-0.25, -0.2) is 0 Å². The van der Waals surface area contributed by atoms with E-state index in [0.29, 0.717) is 6.61 Å². The van der Waals surface area contributed by atoms with Gasteiger partial charge in [-0.2, -0.15) is 0 Å². The first kappa shape index (κ1) is 13.0. The zero-order chi connectivity index (χ0) is 13.0. The van der Waals surface area contributed by atoms with Gasteiger partial charge < -0.3 is 15.2 Å². The average molecular weight is 355 g/mol. The maximum atomic E-state index is 5.76. The van der Waals surface area contributed by atoms with E-state index in [2.05, 4.69) is 22.6 Å². The van der Waals surface area contributed by atoms with E-state index in [1.54, 1.807) is 7.11 Å². The minimum absolute atomic E-state index is 0.511. The molecule has 0 spiro atoms. The summed E-state index contributed by atoms with van der Waals surface area (Å²) in [4.78, 5) is 0. The second kappa shape index (κ2) is 5.95. The number of methoxy groups -OCH3 is 1. The number of nitrogen functional groups attached to an aromatic ring is 1. The van der Waals surface area contributed by atoms with Crippen LogP contribution in [0.25, 0.3) is 0 Å². The highest BCUT2D eigenvalue weighted by Crippen LogP contribution is 2.24. The summed E-state index contributed by atoms with van der Waals surface area (Å²) in [5.74, 6) is 1.68. The highest BCUT2D eigenvalue weighted by atomic mass is 127. The van der Waals surface area contributed by atoms with Crippen LogP contribution in [0.5, 0.6) is 11.5 Å². The van der Waals surface area contributed by atoms with E-state index < -0.39 is 0 Å². The molecule has 2 N–H and O–H groups in total. The van der Waals surface area contributed by atoms with E-state index >= 15 is 0 Å². The first-order valence-corrected chi connectivity index (χ1v) is 6.57. The molecule has 94 valence electrons. The first-order valence-electron chi connectivity index (χ1n) is 5.50. The van der Waals surface area contributed by atoms with E-state index in [1.807, 2.05) is 42.5 Å². The van der Waals surface area contributed by atoms with Crippen LogP contribution in [0.15, 0.2) is 42.5 Å². The minimum Gasteiger partial charge on any atom is -0.497 e. The molecule has 0 aliphatic heterocycles. The lowest BCUT2D eigenvalue weighted by Crippen LogP contribution is -1.98. The van der Waals surface area contributed by atoms with Crippen LogP contribution in [-0.2, 0) is 6.61 Å². The summed E-state index contributed by atoms with van der Waals surface area (Å²) in [6.45, 7) is 0.511. The standard InChI is InChI=1S/C14H14INO2/c1-17-12-4-2-3-10(7-12)9-18-14-6-5-11(16)8-13(14)15/h2-8H,9,16H2,1H3. The van der Waals surface area contributed by atoms with Crippen molar-refractivity contribution in [3.8, 4) is 11.5 Å². The Morgan fingerprint density at radius 1 is 1.17 bits per heavy atom. The topological polar surface area (TPSA) is 44.5 Å². The zero-order valence-corrected chi connectivity index (χ0v) is 12.2. The fourth-order valence-electron chi connectivity index (χ4n) is 1.56. The Hall–Kier alpha value is -1.43. The highest BCUT2D eigenvalue weighted by molar-refractivity contribution is 14.1. The van der Waals surface area contributed by atoms with Crippen molar-refractivity contribution in [3.63, 3.8) is 0 Å². The molecule has 0 aliphatic carbocycles. The van der Waals surface area contributed by atoms with Crippen molar-refractivity contribution in [3.05, 3.63) is 51.6 Å². The van der Waals surface area contributed by atoms with Gasteiger partial charge in [0.15, 0.2) is 0 Å². The van der Waals surface area contributed by atoms with Crippen molar-refractivity contribution in [1.82, 2.24) is 0 Å². The van der Waals surface area contributed by atoms with Crippen molar-refractivity contribution in [2.75, 3.05) is 12.8 Å². The third-order valence-electron chi connectivity index (χ3n) is 2.48. The molecule has 0 aliphatic rings. The molecular formula is C14H14INO2. The van der Waals surface area contributed by atoms with E-state index in [1.165, 1.54) is 0 Å². The maximum absolute atomic E-state index is 5.76. The molecular weight excluding hydrogens is 341 g/mol. The van der Waals surface area contributed by atoms with Gasteiger partial charge in [-0.3, -0.25) is 0 Å². The summed E-state index contributed by atoms with van der Waals surface area (Å²) in [5.41, 5.74) is 7.51. The predicted molar refractivity (Wildman–Crippen MR) is 80.9 cm³/mol. The number of ether oxygens (including phenoxy) is 2. The summed E-state index contributed by atoms with van der Waals surface area (Å²) in [5, 5.41) is 0. The molecule has 0 bridgehead atoms. The van der Waals surface area contributed by atoms with Crippen molar-refractivity contribution < 1.29 is 9.47 Å². The van der Waals surface area contributed by atoms with Crippen LogP contribution < -0.4 is 15.2 Å². The molecule has 0 aromatic heterocycles. The predicted octanol–water partition coefficient (Wildman–Crippen LogP) is 3.46. The lowest BCUT2D eigenvalue weighted by Gasteiger charge is -2.09. The number of hydrogen-bond donors (Lipinski definition) is 1. The normalized spacial score (nSPS) is 10.1. The molecule has 0 saturated carbocycles. The molecule has 2 aromatic rings. The fourth-order valence-corrected chi connectivity index (χ4v) is 2.25. The molecule has 4 heteroatoms. The van der Waals surface area contributed by atoms with Crippen molar-refractivity contribution in [2.24, 2.45) is 0 Å². The summed E-state index contributed by atoms with van der Waals surface area (Å²) >= 11 is 2.21. The fraction of sp³-hybridized carbons (Fsp3) is 0.143. The molecule has 2 aromatic carbocycles. The Labute approximate surface area is 120 Å². The van der Waals surface area contributed by atoms with Crippen molar-refractivity contribution in [2.45, 2.75) is 6.61 Å². The van der Waals surface area contributed by atoms with E-state index in [-0.39, 0.29) is 0 Å². The quantitative estimate of drug-likeness (QED) is 0.675. The number of anilines is 1. The summed E-state index contributed by atoms with van der Waals surface area (Å²) in [6.07, 6.45) is 0. The zero-order valence-electron chi connectivity index (χ0n) is 10.0. The SMILES string of the molecule is COc1cccc(COc2ccc(N)cc2I)c1.